The van der Waals surface area contributed by atoms with Gasteiger partial charge in [0.2, 0.25) is 0 Å². The van der Waals surface area contributed by atoms with Crippen LogP contribution in [0.2, 0.25) is 0 Å². The zero-order valence-electron chi connectivity index (χ0n) is 17.1. The van der Waals surface area contributed by atoms with Crippen molar-refractivity contribution in [3.63, 3.8) is 0 Å². The highest BCUT2D eigenvalue weighted by atomic mass is 16.6. The van der Waals surface area contributed by atoms with Gasteiger partial charge in [-0.2, -0.15) is 0 Å². The molecule has 0 heterocycles. The molecule has 154 valence electrons. The molecule has 30 heavy (non-hydrogen) atoms. The minimum Gasteiger partial charge on any atom is -0.508 e. The topological polar surface area (TPSA) is 59.0 Å². The summed E-state index contributed by atoms with van der Waals surface area (Å²) in [5.74, 6) is 0.536. The lowest BCUT2D eigenvalue weighted by molar-refractivity contribution is -0.138. The molecule has 0 aromatic heterocycles. The first-order valence-corrected chi connectivity index (χ1v) is 9.66. The van der Waals surface area contributed by atoms with Crippen LogP contribution in [0.15, 0.2) is 78.9 Å². The monoisotopic (exact) mass is 403 g/mol. The predicted octanol–water partition coefficient (Wildman–Crippen LogP) is 4.76. The molecule has 3 rings (SSSR count). The van der Waals surface area contributed by atoms with Crippen LogP contribution >= 0.6 is 0 Å². The molecule has 0 spiro atoms. The molecule has 0 fully saturated rings. The molecule has 0 bridgehead atoms. The van der Waals surface area contributed by atoms with Crippen molar-refractivity contribution in [3.05, 3.63) is 84.4 Å². The number of hydrogen-bond donors (Lipinski definition) is 1. The fraction of sp³-hybridized carbons (Fsp3) is 0.160. The number of rotatable bonds is 8. The van der Waals surface area contributed by atoms with Gasteiger partial charge in [-0.15, -0.1) is 0 Å². The van der Waals surface area contributed by atoms with Crippen LogP contribution in [-0.4, -0.2) is 38.4 Å². The summed E-state index contributed by atoms with van der Waals surface area (Å²) in [5.41, 5.74) is 4.07. The van der Waals surface area contributed by atoms with Gasteiger partial charge < -0.3 is 19.5 Å². The van der Waals surface area contributed by atoms with E-state index >= 15 is 0 Å². The molecule has 3 aromatic carbocycles. The lowest BCUT2D eigenvalue weighted by atomic mass is 10.1. The van der Waals surface area contributed by atoms with Gasteiger partial charge in [0.15, 0.2) is 0 Å². The third-order valence-corrected chi connectivity index (χ3v) is 4.47. The average Bonchev–Trinajstić information content (AvgIpc) is 2.76. The first-order valence-electron chi connectivity index (χ1n) is 9.66. The van der Waals surface area contributed by atoms with Crippen LogP contribution in [-0.2, 0) is 9.53 Å². The third kappa shape index (κ3) is 6.14. The summed E-state index contributed by atoms with van der Waals surface area (Å²) in [6.45, 7) is 0.443. The molecule has 0 saturated heterocycles. The summed E-state index contributed by atoms with van der Waals surface area (Å²) in [4.78, 5) is 13.9. The Morgan fingerprint density at radius 3 is 2.07 bits per heavy atom. The van der Waals surface area contributed by atoms with Crippen molar-refractivity contribution in [1.82, 2.24) is 0 Å². The van der Waals surface area contributed by atoms with E-state index in [9.17, 15) is 9.90 Å². The van der Waals surface area contributed by atoms with Crippen molar-refractivity contribution in [2.24, 2.45) is 0 Å². The summed E-state index contributed by atoms with van der Waals surface area (Å²) >= 11 is 0. The van der Waals surface area contributed by atoms with Gasteiger partial charge in [0, 0.05) is 25.9 Å². The Morgan fingerprint density at radius 2 is 1.47 bits per heavy atom. The second kappa shape index (κ2) is 10.2. The van der Waals surface area contributed by atoms with Gasteiger partial charge in [-0.05, 0) is 59.2 Å². The van der Waals surface area contributed by atoms with Gasteiger partial charge in [-0.3, -0.25) is 0 Å². The van der Waals surface area contributed by atoms with Crippen molar-refractivity contribution in [2.75, 3.05) is 32.2 Å². The molecule has 0 aliphatic carbocycles. The number of aromatic hydroxyl groups is 1. The summed E-state index contributed by atoms with van der Waals surface area (Å²) in [5, 5.41) is 9.37. The molecule has 1 N–H and O–H groups in total. The Bertz CT molecular complexity index is 975. The van der Waals surface area contributed by atoms with Gasteiger partial charge in [-0.1, -0.05) is 36.4 Å². The van der Waals surface area contributed by atoms with E-state index in [2.05, 4.69) is 0 Å². The van der Waals surface area contributed by atoms with Crippen LogP contribution in [0, 0.1) is 0 Å². The van der Waals surface area contributed by atoms with Crippen molar-refractivity contribution < 1.29 is 19.4 Å². The second-order valence-electron chi connectivity index (χ2n) is 6.91. The maximum absolute atomic E-state index is 11.8. The van der Waals surface area contributed by atoms with Crippen LogP contribution in [0.25, 0.3) is 17.2 Å². The Labute approximate surface area is 176 Å². The maximum atomic E-state index is 11.8. The molecular formula is C25H25NO4. The van der Waals surface area contributed by atoms with Crippen molar-refractivity contribution in [2.45, 2.75) is 0 Å². The maximum Gasteiger partial charge on any atom is 0.330 e. The first kappa shape index (κ1) is 21.0. The Kier molecular flexibility index (Phi) is 7.11. The summed E-state index contributed by atoms with van der Waals surface area (Å²) < 4.78 is 10.8. The smallest absolute Gasteiger partial charge is 0.330 e. The van der Waals surface area contributed by atoms with E-state index < -0.39 is 5.97 Å². The molecule has 5 nitrogen and oxygen atoms in total. The van der Waals surface area contributed by atoms with Crippen molar-refractivity contribution >= 4 is 17.7 Å². The molecule has 0 aliphatic rings. The van der Waals surface area contributed by atoms with Crippen molar-refractivity contribution in [1.29, 1.82) is 0 Å². The second-order valence-corrected chi connectivity index (χ2v) is 6.91. The number of carbonyl (C=O) groups is 1. The number of nitrogens with zero attached hydrogens (tertiary/aromatic N) is 1. The molecule has 0 atom stereocenters. The summed E-state index contributed by atoms with van der Waals surface area (Å²) in [7, 11) is 3.96. The molecular weight excluding hydrogens is 378 g/mol. The van der Waals surface area contributed by atoms with Crippen molar-refractivity contribution in [3.8, 4) is 22.6 Å². The van der Waals surface area contributed by atoms with E-state index in [1.165, 1.54) is 6.08 Å². The Balaban J connectivity index is 1.41. The zero-order chi connectivity index (χ0) is 21.3. The molecule has 0 unspecified atom stereocenters. The van der Waals surface area contributed by atoms with Crippen LogP contribution in [0.5, 0.6) is 11.5 Å². The van der Waals surface area contributed by atoms with E-state index in [0.29, 0.717) is 5.75 Å². The highest BCUT2D eigenvalue weighted by Gasteiger charge is 2.01. The fourth-order valence-electron chi connectivity index (χ4n) is 2.80. The molecule has 0 amide bonds. The van der Waals surface area contributed by atoms with E-state index in [1.807, 2.05) is 79.7 Å². The van der Waals surface area contributed by atoms with E-state index in [0.717, 1.165) is 22.4 Å². The quantitative estimate of drug-likeness (QED) is 0.334. The van der Waals surface area contributed by atoms with E-state index in [1.54, 1.807) is 18.2 Å². The van der Waals surface area contributed by atoms with Crippen LogP contribution in [0.1, 0.15) is 5.56 Å². The predicted molar refractivity (Wildman–Crippen MR) is 120 cm³/mol. The van der Waals surface area contributed by atoms with Gasteiger partial charge in [0.05, 0.1) is 0 Å². The van der Waals surface area contributed by atoms with Gasteiger partial charge in [0.25, 0.3) is 0 Å². The molecule has 5 heteroatoms. The van der Waals surface area contributed by atoms with Crippen LogP contribution < -0.4 is 9.64 Å². The molecule has 0 radical (unpaired) electrons. The van der Waals surface area contributed by atoms with E-state index in [-0.39, 0.29) is 19.0 Å². The van der Waals surface area contributed by atoms with Crippen LogP contribution in [0.4, 0.5) is 5.69 Å². The number of phenols is 1. The largest absolute Gasteiger partial charge is 0.508 e. The number of hydrogen-bond acceptors (Lipinski definition) is 5. The SMILES string of the molecule is CN(C)c1ccc(/C=C/C(=O)OCCOc2ccc(-c3ccc(O)cc3)cc2)cc1. The number of carbonyl (C=O) groups excluding carboxylic acids is 1. The fourth-order valence-corrected chi connectivity index (χ4v) is 2.80. The Hall–Kier alpha value is -3.73. The number of anilines is 1. The lowest BCUT2D eigenvalue weighted by Crippen LogP contribution is -2.10. The molecule has 0 aliphatic heterocycles. The van der Waals surface area contributed by atoms with Crippen LogP contribution in [0.3, 0.4) is 0 Å². The number of esters is 1. The lowest BCUT2D eigenvalue weighted by Gasteiger charge is -2.11. The highest BCUT2D eigenvalue weighted by molar-refractivity contribution is 5.87. The third-order valence-electron chi connectivity index (χ3n) is 4.47. The van der Waals surface area contributed by atoms with Gasteiger partial charge >= 0.3 is 5.97 Å². The summed E-state index contributed by atoms with van der Waals surface area (Å²) in [6, 6.07) is 22.5. The molecule has 0 saturated carbocycles. The zero-order valence-corrected chi connectivity index (χ0v) is 17.1. The first-order chi connectivity index (χ1) is 14.5. The highest BCUT2D eigenvalue weighted by Crippen LogP contribution is 2.24. The standard InChI is InChI=1S/C25H25NO4/c1-26(2)22-10-3-19(4-11-22)5-16-25(28)30-18-17-29-24-14-8-21(9-15-24)20-6-12-23(27)13-7-20/h3-16,27H,17-18H2,1-2H3/b16-5+. The number of phenolic OH excluding ortho intramolecular Hbond substituents is 1. The number of benzene rings is 3. The normalized spacial score (nSPS) is 10.7. The summed E-state index contributed by atoms with van der Waals surface area (Å²) in [6.07, 6.45) is 3.14. The minimum absolute atomic E-state index is 0.169. The number of ether oxygens (including phenoxy) is 2. The van der Waals surface area contributed by atoms with Gasteiger partial charge in [-0.25, -0.2) is 4.79 Å². The van der Waals surface area contributed by atoms with E-state index in [4.69, 9.17) is 9.47 Å². The Morgan fingerprint density at radius 1 is 0.867 bits per heavy atom. The minimum atomic E-state index is -0.405. The van der Waals surface area contributed by atoms with Gasteiger partial charge in [0.1, 0.15) is 24.7 Å². The molecule has 3 aromatic rings. The average molecular weight is 403 g/mol.